The molecule has 5 nitrogen and oxygen atoms in total. The minimum absolute atomic E-state index is 0.124. The van der Waals surface area contributed by atoms with Crippen molar-refractivity contribution in [3.63, 3.8) is 0 Å². The molecule has 2 aromatic rings. The highest BCUT2D eigenvalue weighted by atomic mass is 16.5. The minimum Gasteiger partial charge on any atom is -0.493 e. The third kappa shape index (κ3) is 5.14. The summed E-state index contributed by atoms with van der Waals surface area (Å²) in [6.07, 6.45) is 0. The Morgan fingerprint density at radius 3 is 2.56 bits per heavy atom. The van der Waals surface area contributed by atoms with Gasteiger partial charge in [-0.05, 0) is 56.2 Å². The fourth-order valence-electron chi connectivity index (χ4n) is 2.56. The first-order chi connectivity index (χ1) is 12.1. The molecule has 0 bridgehead atoms. The maximum absolute atomic E-state index is 12.5. The Kier molecular flexibility index (Phi) is 6.69. The lowest BCUT2D eigenvalue weighted by molar-refractivity contribution is 0.212. The molecule has 0 aromatic heterocycles. The third-order valence-electron chi connectivity index (χ3n) is 3.84. The standard InChI is InChI=1S/C20H26N2O3/c1-5-22(20(23)21-17-9-7-8-15(3)12-17)14-16-10-11-18(25-6-2)19(13-16)24-4/h7-13H,5-6,14H2,1-4H3,(H,21,23). The number of amides is 2. The lowest BCUT2D eigenvalue weighted by Crippen LogP contribution is -2.34. The number of hydrogen-bond acceptors (Lipinski definition) is 3. The van der Waals surface area contributed by atoms with Crippen LogP contribution in [0.1, 0.15) is 25.0 Å². The Labute approximate surface area is 149 Å². The zero-order valence-electron chi connectivity index (χ0n) is 15.3. The monoisotopic (exact) mass is 342 g/mol. The van der Waals surface area contributed by atoms with Crippen LogP contribution in [-0.4, -0.2) is 31.2 Å². The summed E-state index contributed by atoms with van der Waals surface area (Å²) < 4.78 is 10.9. The highest BCUT2D eigenvalue weighted by molar-refractivity contribution is 5.89. The van der Waals surface area contributed by atoms with Gasteiger partial charge in [-0.1, -0.05) is 18.2 Å². The topological polar surface area (TPSA) is 50.8 Å². The summed E-state index contributed by atoms with van der Waals surface area (Å²) in [6, 6.07) is 13.4. The second-order valence-electron chi connectivity index (χ2n) is 5.73. The van der Waals surface area contributed by atoms with Crippen molar-refractivity contribution in [2.45, 2.75) is 27.3 Å². The number of aryl methyl sites for hydroxylation is 1. The molecule has 0 saturated heterocycles. The fraction of sp³-hybridized carbons (Fsp3) is 0.350. The molecule has 0 saturated carbocycles. The quantitative estimate of drug-likeness (QED) is 0.808. The largest absolute Gasteiger partial charge is 0.493 e. The summed E-state index contributed by atoms with van der Waals surface area (Å²) in [5, 5.41) is 2.95. The molecule has 0 aliphatic rings. The first-order valence-corrected chi connectivity index (χ1v) is 8.49. The molecule has 2 rings (SSSR count). The molecule has 2 amide bonds. The number of benzene rings is 2. The van der Waals surface area contributed by atoms with E-state index in [0.29, 0.717) is 31.2 Å². The van der Waals surface area contributed by atoms with E-state index in [1.165, 1.54) is 0 Å². The second kappa shape index (κ2) is 8.97. The van der Waals surface area contributed by atoms with Gasteiger partial charge in [0.2, 0.25) is 0 Å². The van der Waals surface area contributed by atoms with Crippen LogP contribution in [0.4, 0.5) is 10.5 Å². The maximum atomic E-state index is 12.5. The smallest absolute Gasteiger partial charge is 0.322 e. The summed E-state index contributed by atoms with van der Waals surface area (Å²) in [7, 11) is 1.61. The van der Waals surface area contributed by atoms with Crippen LogP contribution < -0.4 is 14.8 Å². The number of carbonyl (C=O) groups excluding carboxylic acids is 1. The van der Waals surface area contributed by atoms with Crippen LogP contribution in [0.15, 0.2) is 42.5 Å². The normalized spacial score (nSPS) is 10.2. The molecule has 5 heteroatoms. The van der Waals surface area contributed by atoms with E-state index >= 15 is 0 Å². The molecule has 2 aromatic carbocycles. The number of methoxy groups -OCH3 is 1. The van der Waals surface area contributed by atoms with Crippen molar-refractivity contribution in [1.29, 1.82) is 0 Å². The Balaban J connectivity index is 2.09. The van der Waals surface area contributed by atoms with Gasteiger partial charge in [-0.15, -0.1) is 0 Å². The van der Waals surface area contributed by atoms with Crippen LogP contribution in [0.5, 0.6) is 11.5 Å². The maximum Gasteiger partial charge on any atom is 0.322 e. The zero-order chi connectivity index (χ0) is 18.2. The van der Waals surface area contributed by atoms with Gasteiger partial charge < -0.3 is 19.7 Å². The van der Waals surface area contributed by atoms with E-state index in [-0.39, 0.29) is 6.03 Å². The van der Waals surface area contributed by atoms with Crippen LogP contribution in [-0.2, 0) is 6.54 Å². The van der Waals surface area contributed by atoms with E-state index in [9.17, 15) is 4.79 Å². The lowest BCUT2D eigenvalue weighted by atomic mass is 10.2. The summed E-state index contributed by atoms with van der Waals surface area (Å²) in [4.78, 5) is 14.3. The van der Waals surface area contributed by atoms with Gasteiger partial charge in [0.25, 0.3) is 0 Å². The first-order valence-electron chi connectivity index (χ1n) is 8.49. The molecular formula is C20H26N2O3. The number of nitrogens with zero attached hydrogens (tertiary/aromatic N) is 1. The van der Waals surface area contributed by atoms with Crippen molar-refractivity contribution in [3.05, 3.63) is 53.6 Å². The number of nitrogens with one attached hydrogen (secondary N) is 1. The van der Waals surface area contributed by atoms with E-state index in [0.717, 1.165) is 16.8 Å². The molecule has 0 atom stereocenters. The predicted molar refractivity (Wildman–Crippen MR) is 100 cm³/mol. The molecule has 0 unspecified atom stereocenters. The predicted octanol–water partition coefficient (Wildman–Crippen LogP) is 4.46. The summed E-state index contributed by atoms with van der Waals surface area (Å²) >= 11 is 0. The minimum atomic E-state index is -0.124. The van der Waals surface area contributed by atoms with E-state index < -0.39 is 0 Å². The van der Waals surface area contributed by atoms with Crippen LogP contribution >= 0.6 is 0 Å². The van der Waals surface area contributed by atoms with Crippen LogP contribution in [0.3, 0.4) is 0 Å². The zero-order valence-corrected chi connectivity index (χ0v) is 15.3. The highest BCUT2D eigenvalue weighted by Gasteiger charge is 2.14. The molecule has 0 heterocycles. The Morgan fingerprint density at radius 1 is 1.12 bits per heavy atom. The van der Waals surface area contributed by atoms with Crippen LogP contribution in [0.25, 0.3) is 0 Å². The van der Waals surface area contributed by atoms with Crippen molar-refractivity contribution in [2.75, 3.05) is 25.6 Å². The number of ether oxygens (including phenoxy) is 2. The number of hydrogen-bond donors (Lipinski definition) is 1. The van der Waals surface area contributed by atoms with Crippen LogP contribution in [0.2, 0.25) is 0 Å². The molecular weight excluding hydrogens is 316 g/mol. The van der Waals surface area contributed by atoms with Gasteiger partial charge in [0.15, 0.2) is 11.5 Å². The SMILES string of the molecule is CCOc1ccc(CN(CC)C(=O)Nc2cccc(C)c2)cc1OC. The first kappa shape index (κ1) is 18.6. The molecule has 0 radical (unpaired) electrons. The Morgan fingerprint density at radius 2 is 1.92 bits per heavy atom. The van der Waals surface area contributed by atoms with Gasteiger partial charge in [-0.2, -0.15) is 0 Å². The molecule has 0 spiro atoms. The van der Waals surface area contributed by atoms with E-state index in [1.54, 1.807) is 12.0 Å². The van der Waals surface area contributed by atoms with Gasteiger partial charge in [-0.25, -0.2) is 4.79 Å². The van der Waals surface area contributed by atoms with E-state index in [4.69, 9.17) is 9.47 Å². The molecule has 0 aliphatic carbocycles. The van der Waals surface area contributed by atoms with Crippen molar-refractivity contribution < 1.29 is 14.3 Å². The van der Waals surface area contributed by atoms with Crippen molar-refractivity contribution >= 4 is 11.7 Å². The summed E-state index contributed by atoms with van der Waals surface area (Å²) in [6.45, 7) is 7.57. The van der Waals surface area contributed by atoms with Gasteiger partial charge in [-0.3, -0.25) is 0 Å². The summed E-state index contributed by atoms with van der Waals surface area (Å²) in [5.74, 6) is 1.38. The summed E-state index contributed by atoms with van der Waals surface area (Å²) in [5.41, 5.74) is 2.89. The molecule has 134 valence electrons. The van der Waals surface area contributed by atoms with Crippen LogP contribution in [0, 0.1) is 6.92 Å². The van der Waals surface area contributed by atoms with Gasteiger partial charge in [0, 0.05) is 18.8 Å². The average Bonchev–Trinajstić information content (AvgIpc) is 2.60. The molecule has 0 fully saturated rings. The van der Waals surface area contributed by atoms with Gasteiger partial charge in [0.05, 0.1) is 13.7 Å². The van der Waals surface area contributed by atoms with Crippen molar-refractivity contribution in [3.8, 4) is 11.5 Å². The average molecular weight is 342 g/mol. The highest BCUT2D eigenvalue weighted by Crippen LogP contribution is 2.28. The second-order valence-corrected chi connectivity index (χ2v) is 5.73. The third-order valence-corrected chi connectivity index (χ3v) is 3.84. The number of rotatable bonds is 7. The van der Waals surface area contributed by atoms with Gasteiger partial charge in [0.1, 0.15) is 0 Å². The van der Waals surface area contributed by atoms with E-state index in [1.807, 2.05) is 63.2 Å². The Hall–Kier alpha value is -2.69. The Bertz CT molecular complexity index is 716. The number of anilines is 1. The van der Waals surface area contributed by atoms with E-state index in [2.05, 4.69) is 5.32 Å². The molecule has 25 heavy (non-hydrogen) atoms. The van der Waals surface area contributed by atoms with Gasteiger partial charge >= 0.3 is 6.03 Å². The molecule has 1 N–H and O–H groups in total. The van der Waals surface area contributed by atoms with Crippen molar-refractivity contribution in [2.24, 2.45) is 0 Å². The number of carbonyl (C=O) groups is 1. The number of urea groups is 1. The van der Waals surface area contributed by atoms with Crippen molar-refractivity contribution in [1.82, 2.24) is 4.90 Å². The fourth-order valence-corrected chi connectivity index (χ4v) is 2.56. The lowest BCUT2D eigenvalue weighted by Gasteiger charge is -2.22. The molecule has 0 aliphatic heterocycles.